The number of likely N-dealkylation sites (N-methyl/N-ethyl adjacent to an activating group) is 1. The first kappa shape index (κ1) is 94.2. The number of hydrogen-bond acceptors (Lipinski definition) is 27. The molecule has 10 aromatic rings. The molecule has 11 bridgehead atoms. The Hall–Kier alpha value is -12.4. The van der Waals surface area contributed by atoms with Gasteiger partial charge in [0.1, 0.15) is 89.1 Å². The van der Waals surface area contributed by atoms with E-state index in [0.717, 1.165) is 89.1 Å². The summed E-state index contributed by atoms with van der Waals surface area (Å²) in [5.41, 5.74) is 6.20. The van der Waals surface area contributed by atoms with Crippen LogP contribution in [0.15, 0.2) is 198 Å². The number of phenols is 3. The molecule has 2 fully saturated rings. The van der Waals surface area contributed by atoms with E-state index in [2.05, 4.69) is 42.5 Å². The number of phenolic OH excluding ortho intramolecular Hbond substituents is 3. The number of carboxylic acid groups (broad SMARTS) is 1. The molecule has 7 aliphatic rings. The average Bonchev–Trinajstić information content (AvgIpc) is 0.853. The fraction of sp³-hybridized carbons (Fsp3) is 0.309. The quantitative estimate of drug-likeness (QED) is 0.0298. The number of aromatic hydroxyl groups is 3. The Morgan fingerprint density at radius 2 is 1.24 bits per heavy atom. The molecule has 0 saturated carbocycles. The number of nitrogens with zero attached hydrogens (tertiary/aromatic N) is 1. The van der Waals surface area contributed by atoms with Crippen LogP contribution in [0.3, 0.4) is 0 Å². The molecule has 7 amide bonds. The summed E-state index contributed by atoms with van der Waals surface area (Å²) in [6.07, 6.45) is -18.6. The Morgan fingerprint density at radius 1 is 0.636 bits per heavy atom. The number of thioether (sulfide) groups is 1. The van der Waals surface area contributed by atoms with Crippen molar-refractivity contribution in [2.75, 3.05) is 12.8 Å². The number of primary amides is 1. The maximum atomic E-state index is 16.5. The third kappa shape index (κ3) is 20.6. The minimum Gasteiger partial charge on any atom is -0.508 e. The molecule has 1 aromatic heterocycles. The molecule has 0 spiro atoms. The van der Waals surface area contributed by atoms with Crippen LogP contribution >= 0.6 is 46.6 Å². The maximum absolute atomic E-state index is 16.5. The van der Waals surface area contributed by atoms with Crippen molar-refractivity contribution in [2.24, 2.45) is 11.7 Å². The first-order valence-electron chi connectivity index (χ1n) is 42.0. The predicted octanol–water partition coefficient (Wildman–Crippen LogP) is 9.38. The van der Waals surface area contributed by atoms with Gasteiger partial charge in [-0.2, -0.15) is 0 Å². The molecule has 2 saturated heterocycles. The molecule has 0 aliphatic carbocycles. The van der Waals surface area contributed by atoms with Gasteiger partial charge >= 0.3 is 5.97 Å². The number of nitrogens with one attached hydrogen (secondary N) is 8. The molecule has 7 aliphatic heterocycles. The van der Waals surface area contributed by atoms with Crippen molar-refractivity contribution in [1.82, 2.24) is 47.5 Å². The number of carboxylic acids is 1. The Bertz CT molecular complexity index is 5970. The van der Waals surface area contributed by atoms with Gasteiger partial charge in [-0.3, -0.25) is 33.6 Å². The van der Waals surface area contributed by atoms with Crippen LogP contribution in [-0.4, -0.2) is 190 Å². The standard InChI is InChI=1S/C94H93Cl3N10O24S/c1-42(2)30-59(99-5)85(117)105-75-77(112)50-23-28-63(57(96)32-50)126-65-34-52-35-66(127-64-29-24-51(33-58(64)97)78(113)76-90(122)104-74(91(123)124)56-36-54(108)37-62(110)70(56)55-31-49(22-27-61(55)109)72(87(119)106-76)103-88(120)73(52)102-86(118)60(38-68(98)111)101-89(75)121)82(65)130-92-83(129-69-39-94(4,84(116)43(3)125-69)100-40-44-16-18-45(19-17-44)46-20-25-53(95)26-21-46)80(115)79(114)67(128-92)41-132-93-107-71(47-12-8-6-9-13-47)81(131-93)48-14-10-7-11-15-48/h6-29,31-37,42-43,59-60,67,69,72-80,83-84,92,99-100,108-110,112-116H,30,38-41H2,1-5H3,(H2,98,111)(H,101,121)(H,102,118)(H,103,120)(H,104,122)(H,105,117)(H,106,119)(H,123,124)/t43?,59-,60-,67?,69?,72?,73+,74+,75+,76-,77+,78+,79?,80?,83?,84?,92?,94?/m0/s1. The number of nitrogens with two attached hydrogens (primary N) is 1. The van der Waals surface area contributed by atoms with Gasteiger partial charge in [0.15, 0.2) is 35.7 Å². The number of carbonyl (C=O) groups excluding carboxylic acids is 7. The minimum atomic E-state index is -2.38. The van der Waals surface area contributed by atoms with Crippen molar-refractivity contribution in [3.63, 3.8) is 0 Å². The largest absolute Gasteiger partial charge is 0.508 e. The van der Waals surface area contributed by atoms with E-state index in [1.807, 2.05) is 111 Å². The Kier molecular flexibility index (Phi) is 28.5. The predicted molar refractivity (Wildman–Crippen MR) is 480 cm³/mol. The van der Waals surface area contributed by atoms with Crippen LogP contribution in [0.4, 0.5) is 0 Å². The van der Waals surface area contributed by atoms with Gasteiger partial charge in [-0.1, -0.05) is 176 Å². The molecule has 690 valence electrons. The zero-order valence-corrected chi connectivity index (χ0v) is 74.1. The zero-order chi connectivity index (χ0) is 94.0. The number of ether oxygens (including phenoxy) is 6. The Morgan fingerprint density at radius 3 is 1.86 bits per heavy atom. The summed E-state index contributed by atoms with van der Waals surface area (Å²) in [7, 11) is 1.48. The number of aromatic nitrogens is 1. The minimum absolute atomic E-state index is 0.0805. The van der Waals surface area contributed by atoms with Gasteiger partial charge in [-0.25, -0.2) is 9.78 Å². The van der Waals surface area contributed by atoms with Crippen molar-refractivity contribution >= 4 is 93.9 Å². The van der Waals surface area contributed by atoms with Crippen molar-refractivity contribution in [3.8, 4) is 90.8 Å². The number of aliphatic hydroxyl groups excluding tert-OH is 5. The number of benzene rings is 9. The number of carbonyl (C=O) groups is 8. The molecule has 19 N–H and O–H groups in total. The average molecular weight is 1890 g/mol. The van der Waals surface area contributed by atoms with E-state index in [4.69, 9.17) is 78.4 Å². The molecule has 17 rings (SSSR count). The summed E-state index contributed by atoms with van der Waals surface area (Å²) in [5, 5.41) is 130. The van der Waals surface area contributed by atoms with Crippen molar-refractivity contribution in [1.29, 1.82) is 0 Å². The maximum Gasteiger partial charge on any atom is 0.330 e. The molecule has 132 heavy (non-hydrogen) atoms. The highest BCUT2D eigenvalue weighted by molar-refractivity contribution is 7.99. The number of halogens is 3. The highest BCUT2D eigenvalue weighted by atomic mass is 35.5. The van der Waals surface area contributed by atoms with Gasteiger partial charge in [0.05, 0.1) is 40.8 Å². The van der Waals surface area contributed by atoms with Crippen LogP contribution < -0.4 is 62.5 Å². The van der Waals surface area contributed by atoms with E-state index < -0.39 is 231 Å². The molecule has 0 radical (unpaired) electrons. The normalized spacial score (nSPS) is 25.2. The highest BCUT2D eigenvalue weighted by Gasteiger charge is 2.53. The molecule has 9 aromatic carbocycles. The van der Waals surface area contributed by atoms with E-state index >= 15 is 24.0 Å². The first-order chi connectivity index (χ1) is 63.1. The van der Waals surface area contributed by atoms with Gasteiger partial charge in [-0.05, 0) is 139 Å². The molecule has 34 nitrogen and oxygen atoms in total. The van der Waals surface area contributed by atoms with Crippen LogP contribution in [0.2, 0.25) is 15.1 Å². The second kappa shape index (κ2) is 39.9. The van der Waals surface area contributed by atoms with Crippen LogP contribution in [0.1, 0.15) is 111 Å². The van der Waals surface area contributed by atoms with Crippen molar-refractivity contribution in [3.05, 3.63) is 237 Å². The Balaban J connectivity index is 0.912. The third-order valence-electron chi connectivity index (χ3n) is 23.4. The van der Waals surface area contributed by atoms with Gasteiger partial charge in [-0.15, -0.1) is 0 Å². The second-order valence-corrected chi connectivity index (χ2v) is 35.4. The van der Waals surface area contributed by atoms with Gasteiger partial charge in [0.2, 0.25) is 53.4 Å². The highest BCUT2D eigenvalue weighted by Crippen LogP contribution is 2.51. The van der Waals surface area contributed by atoms with E-state index in [0.29, 0.717) is 27.6 Å². The summed E-state index contributed by atoms with van der Waals surface area (Å²) in [6, 6.07) is 32.9. The lowest BCUT2D eigenvalue weighted by atomic mass is 9.84. The number of rotatable bonds is 21. The molecule has 18 atom stereocenters. The molecular weight excluding hydrogens is 1790 g/mol. The lowest BCUT2D eigenvalue weighted by Gasteiger charge is -2.48. The summed E-state index contributed by atoms with van der Waals surface area (Å²) in [6.45, 7) is 7.19. The number of amides is 7. The second-order valence-electron chi connectivity index (χ2n) is 33.2. The van der Waals surface area contributed by atoms with Crippen LogP contribution in [0.25, 0.3) is 44.8 Å². The van der Waals surface area contributed by atoms with E-state index in [1.54, 1.807) is 26.0 Å². The van der Waals surface area contributed by atoms with Crippen molar-refractivity contribution in [2.45, 2.75) is 168 Å². The summed E-state index contributed by atoms with van der Waals surface area (Å²) in [4.78, 5) is 125. The molecule has 10 unspecified atom stereocenters. The summed E-state index contributed by atoms with van der Waals surface area (Å²) < 4.78 is 47.8. The smallest absolute Gasteiger partial charge is 0.330 e. The van der Waals surface area contributed by atoms with E-state index in [-0.39, 0.29) is 63.7 Å². The zero-order valence-electron chi connectivity index (χ0n) is 71.0. The lowest BCUT2D eigenvalue weighted by molar-refractivity contribution is -0.330. The monoisotopic (exact) mass is 1880 g/mol. The third-order valence-corrected chi connectivity index (χ3v) is 25.2. The molecule has 8 heterocycles. The number of aliphatic hydroxyl groups is 5. The van der Waals surface area contributed by atoms with Crippen LogP contribution in [0.5, 0.6) is 46.0 Å². The summed E-state index contributed by atoms with van der Waals surface area (Å²) in [5.74, 6) is -15.9. The number of hydrogen-bond donors (Lipinski definition) is 18. The van der Waals surface area contributed by atoms with Crippen LogP contribution in [-0.2, 0) is 59.1 Å². The van der Waals surface area contributed by atoms with E-state index in [1.165, 1.54) is 25.2 Å². The molecular formula is C94H93Cl3N10O24S. The lowest BCUT2D eigenvalue weighted by Crippen LogP contribution is -2.65. The SMILES string of the molecule is CN[C@@H](CC(C)C)C(=O)N[C@H]1C(=O)N[C@@H](CC(N)=O)C(=O)N[C@H]2C(=O)NC3C(=O)N[C@H](C(=O)N[C@@H](C(=O)O)c4cc(O)cc(O)c4-c4cc3ccc4O)[C@H](O)c3ccc(c(Cl)c3)Oc3cc2cc(c3OC2OC(CSc3nc(-c4ccccc4)c(-c4ccccc4)o3)C(O)C(O)C2OC2CC(C)(NCc3ccc(-c4ccc(Cl)cc4)cc3)C(O)C(C)O2)Oc2ccc(cc2Cl)[C@H]1O. The van der Waals surface area contributed by atoms with E-state index in [9.17, 15) is 60.3 Å². The Labute approximate surface area is 773 Å². The first-order valence-corrected chi connectivity index (χ1v) is 44.1. The number of aliphatic carboxylic acids is 1. The van der Waals surface area contributed by atoms with Crippen LogP contribution in [0, 0.1) is 5.92 Å². The fourth-order valence-electron chi connectivity index (χ4n) is 16.5. The topological polar surface area (TPSA) is 522 Å². The number of fused-ring (bicyclic) bond motifs is 15. The van der Waals surface area contributed by atoms with Crippen molar-refractivity contribution < 1.29 is 117 Å². The van der Waals surface area contributed by atoms with Gasteiger partial charge in [0.25, 0.3) is 5.22 Å². The van der Waals surface area contributed by atoms with Gasteiger partial charge in [0, 0.05) is 63.2 Å². The summed E-state index contributed by atoms with van der Waals surface area (Å²) >= 11 is 21.8. The number of oxazole rings is 1. The van der Waals surface area contributed by atoms with Gasteiger partial charge < -0.3 is 127 Å². The molecule has 38 heteroatoms. The fourth-order valence-corrected chi connectivity index (χ4v) is 17.9.